The summed E-state index contributed by atoms with van der Waals surface area (Å²) in [7, 11) is 0. The average molecular weight is 376 g/mol. The first-order valence-electron chi connectivity index (χ1n) is 9.73. The molecule has 0 aliphatic carbocycles. The van der Waals surface area contributed by atoms with Crippen LogP contribution in [0.1, 0.15) is 5.56 Å². The van der Waals surface area contributed by atoms with Crippen molar-refractivity contribution < 1.29 is 14.2 Å². The molecule has 0 spiro atoms. The fourth-order valence-corrected chi connectivity index (χ4v) is 4.23. The van der Waals surface area contributed by atoms with Crippen LogP contribution in [0.4, 0.5) is 0 Å². The topological polar surface area (TPSA) is 27.7 Å². The second-order valence-electron chi connectivity index (χ2n) is 7.38. The van der Waals surface area contributed by atoms with Crippen molar-refractivity contribution in [3.63, 3.8) is 0 Å². The van der Waals surface area contributed by atoms with Crippen molar-refractivity contribution in [2.75, 3.05) is 0 Å². The summed E-state index contributed by atoms with van der Waals surface area (Å²) in [5, 5.41) is 0. The predicted octanol–water partition coefficient (Wildman–Crippen LogP) is 4.51. The van der Waals surface area contributed by atoms with Crippen molar-refractivity contribution >= 4 is 23.1 Å². The second kappa shape index (κ2) is 6.18. The number of ether oxygens (including phenoxy) is 3. The quantitative estimate of drug-likeness (QED) is 0.416. The van der Waals surface area contributed by atoms with Gasteiger partial charge in [-0.25, -0.2) is 0 Å². The number of fused-ring (bicyclic) bond motifs is 4. The number of hydrogen-bond acceptors (Lipinski definition) is 3. The maximum absolute atomic E-state index is 6.38. The van der Waals surface area contributed by atoms with Gasteiger partial charge in [0.25, 0.3) is 6.71 Å². The van der Waals surface area contributed by atoms with Crippen LogP contribution in [0.5, 0.6) is 34.5 Å². The summed E-state index contributed by atoms with van der Waals surface area (Å²) < 4.78 is 18.9. The average Bonchev–Trinajstić information content (AvgIpc) is 2.76. The van der Waals surface area contributed by atoms with Gasteiger partial charge in [0.15, 0.2) is 11.5 Å². The second-order valence-corrected chi connectivity index (χ2v) is 7.38. The molecule has 4 heteroatoms. The van der Waals surface area contributed by atoms with Crippen LogP contribution in [0.25, 0.3) is 0 Å². The Bertz CT molecular complexity index is 1250. The highest BCUT2D eigenvalue weighted by Gasteiger charge is 2.41. The third kappa shape index (κ3) is 2.46. The fourth-order valence-electron chi connectivity index (χ4n) is 4.23. The molecule has 0 bridgehead atoms. The lowest BCUT2D eigenvalue weighted by atomic mass is 9.35. The fraction of sp³-hybridized carbons (Fsp3) is 0.0400. The first-order valence-corrected chi connectivity index (χ1v) is 9.73. The van der Waals surface area contributed by atoms with Crippen molar-refractivity contribution in [1.29, 1.82) is 0 Å². The smallest absolute Gasteiger partial charge is 0.260 e. The highest BCUT2D eigenvalue weighted by molar-refractivity contribution is 6.98. The highest BCUT2D eigenvalue weighted by atomic mass is 16.5. The molecule has 0 saturated carbocycles. The third-order valence-electron chi connectivity index (χ3n) is 5.61. The zero-order valence-electron chi connectivity index (χ0n) is 15.9. The molecule has 0 atom stereocenters. The van der Waals surface area contributed by atoms with Crippen LogP contribution in [0, 0.1) is 6.92 Å². The van der Waals surface area contributed by atoms with Gasteiger partial charge in [-0.3, -0.25) is 0 Å². The standard InChI is InChI=1S/C25H17BO3/c1-16-8-2-5-11-19(16)27-23-15-14-22-24-25(23)29-21-13-7-4-10-18(21)26(24)17-9-3-6-12-20(17)28-22/h2-15H,1H3. The molecule has 2 aliphatic rings. The summed E-state index contributed by atoms with van der Waals surface area (Å²) in [6.45, 7) is 2.09. The number of benzene rings is 4. The van der Waals surface area contributed by atoms with Gasteiger partial charge in [0.05, 0.1) is 0 Å². The van der Waals surface area contributed by atoms with Gasteiger partial charge in [0.2, 0.25) is 0 Å². The van der Waals surface area contributed by atoms with E-state index >= 15 is 0 Å². The third-order valence-corrected chi connectivity index (χ3v) is 5.61. The summed E-state index contributed by atoms with van der Waals surface area (Å²) >= 11 is 0. The Hall–Kier alpha value is -3.66. The molecule has 4 aromatic carbocycles. The SMILES string of the molecule is Cc1ccccc1Oc1ccc2c3c1Oc1ccccc1B3c1ccccc1O2. The number of aryl methyl sites for hydroxylation is 1. The summed E-state index contributed by atoms with van der Waals surface area (Å²) in [5.41, 5.74) is 4.38. The van der Waals surface area contributed by atoms with Gasteiger partial charge >= 0.3 is 0 Å². The number of rotatable bonds is 2. The monoisotopic (exact) mass is 376 g/mol. The van der Waals surface area contributed by atoms with E-state index in [0.717, 1.165) is 50.7 Å². The summed E-state index contributed by atoms with van der Waals surface area (Å²) in [5.74, 6) is 4.80. The molecule has 2 heterocycles. The Morgan fingerprint density at radius 3 is 2.03 bits per heavy atom. The lowest BCUT2D eigenvalue weighted by Crippen LogP contribution is -2.57. The van der Waals surface area contributed by atoms with Crippen molar-refractivity contribution in [3.05, 3.63) is 90.5 Å². The molecular weight excluding hydrogens is 359 g/mol. The number of hydrogen-bond donors (Lipinski definition) is 0. The van der Waals surface area contributed by atoms with Crippen molar-refractivity contribution in [1.82, 2.24) is 0 Å². The molecule has 29 heavy (non-hydrogen) atoms. The van der Waals surface area contributed by atoms with E-state index in [1.807, 2.05) is 67.6 Å². The normalized spacial score (nSPS) is 12.8. The lowest BCUT2D eigenvalue weighted by Gasteiger charge is -2.33. The first-order chi connectivity index (χ1) is 14.3. The van der Waals surface area contributed by atoms with Gasteiger partial charge in [0.1, 0.15) is 23.0 Å². The van der Waals surface area contributed by atoms with Gasteiger partial charge in [-0.2, -0.15) is 0 Å². The van der Waals surface area contributed by atoms with E-state index in [2.05, 4.69) is 24.3 Å². The molecule has 0 N–H and O–H groups in total. The largest absolute Gasteiger partial charge is 0.458 e. The van der Waals surface area contributed by atoms with Gasteiger partial charge < -0.3 is 14.2 Å². The van der Waals surface area contributed by atoms with Crippen LogP contribution in [0.2, 0.25) is 0 Å². The van der Waals surface area contributed by atoms with Gasteiger partial charge in [-0.05, 0) is 53.7 Å². The molecular formula is C25H17BO3. The van der Waals surface area contributed by atoms with E-state index in [1.54, 1.807) is 0 Å². The first kappa shape index (κ1) is 16.3. The van der Waals surface area contributed by atoms with Crippen LogP contribution in [-0.4, -0.2) is 6.71 Å². The molecule has 4 aromatic rings. The van der Waals surface area contributed by atoms with Crippen molar-refractivity contribution in [3.8, 4) is 34.5 Å². The number of para-hydroxylation sites is 3. The van der Waals surface area contributed by atoms with Crippen LogP contribution >= 0.6 is 0 Å². The van der Waals surface area contributed by atoms with E-state index in [1.165, 1.54) is 0 Å². The van der Waals surface area contributed by atoms with Crippen LogP contribution < -0.4 is 30.6 Å². The van der Waals surface area contributed by atoms with E-state index in [9.17, 15) is 0 Å². The molecule has 0 aromatic heterocycles. The van der Waals surface area contributed by atoms with E-state index in [4.69, 9.17) is 14.2 Å². The molecule has 6 rings (SSSR count). The Kier molecular flexibility index (Phi) is 3.47. The highest BCUT2D eigenvalue weighted by Crippen LogP contribution is 2.41. The molecule has 3 nitrogen and oxygen atoms in total. The maximum Gasteiger partial charge on any atom is 0.260 e. The molecule has 0 saturated heterocycles. The molecule has 0 fully saturated rings. The van der Waals surface area contributed by atoms with Crippen LogP contribution in [0.15, 0.2) is 84.9 Å². The summed E-state index contributed by atoms with van der Waals surface area (Å²) in [4.78, 5) is 0. The zero-order valence-corrected chi connectivity index (χ0v) is 15.9. The molecule has 138 valence electrons. The van der Waals surface area contributed by atoms with E-state index < -0.39 is 0 Å². The minimum absolute atomic E-state index is 0.0512. The summed E-state index contributed by atoms with van der Waals surface area (Å²) in [6, 6.07) is 28.3. The maximum atomic E-state index is 6.38. The minimum Gasteiger partial charge on any atom is -0.458 e. The van der Waals surface area contributed by atoms with E-state index in [-0.39, 0.29) is 6.71 Å². The van der Waals surface area contributed by atoms with E-state index in [0.29, 0.717) is 5.75 Å². The Balaban J connectivity index is 1.58. The molecule has 0 amide bonds. The molecule has 2 aliphatic heterocycles. The zero-order chi connectivity index (χ0) is 19.4. The van der Waals surface area contributed by atoms with Gasteiger partial charge in [-0.1, -0.05) is 54.6 Å². The van der Waals surface area contributed by atoms with Crippen molar-refractivity contribution in [2.24, 2.45) is 0 Å². The summed E-state index contributed by atoms with van der Waals surface area (Å²) in [6.07, 6.45) is 0. The Morgan fingerprint density at radius 2 is 1.28 bits per heavy atom. The molecule has 0 radical (unpaired) electrons. The Morgan fingerprint density at radius 1 is 0.621 bits per heavy atom. The lowest BCUT2D eigenvalue weighted by molar-refractivity contribution is 0.413. The van der Waals surface area contributed by atoms with Crippen molar-refractivity contribution in [2.45, 2.75) is 6.92 Å². The van der Waals surface area contributed by atoms with Crippen LogP contribution in [-0.2, 0) is 0 Å². The molecule has 0 unspecified atom stereocenters. The Labute approximate surface area is 169 Å². The predicted molar refractivity (Wildman–Crippen MR) is 115 cm³/mol. The van der Waals surface area contributed by atoms with Crippen LogP contribution in [0.3, 0.4) is 0 Å². The minimum atomic E-state index is 0.0512. The van der Waals surface area contributed by atoms with Gasteiger partial charge in [0, 0.05) is 5.46 Å². The van der Waals surface area contributed by atoms with Gasteiger partial charge in [-0.15, -0.1) is 0 Å².